The second kappa shape index (κ2) is 5.35. The molecule has 96 valence electrons. The Morgan fingerprint density at radius 1 is 1.39 bits per heavy atom. The molecule has 0 aromatic carbocycles. The zero-order valence-corrected chi connectivity index (χ0v) is 10.4. The highest BCUT2D eigenvalue weighted by Crippen LogP contribution is 2.33. The van der Waals surface area contributed by atoms with Gasteiger partial charge in [0.15, 0.2) is 0 Å². The van der Waals surface area contributed by atoms with Gasteiger partial charge in [-0.2, -0.15) is 0 Å². The molecule has 6 heteroatoms. The van der Waals surface area contributed by atoms with Crippen LogP contribution in [0.5, 0.6) is 0 Å². The molecule has 0 radical (unpaired) electrons. The summed E-state index contributed by atoms with van der Waals surface area (Å²) in [6.45, 7) is 0. The number of anilines is 1. The van der Waals surface area contributed by atoms with E-state index in [1.54, 1.807) is 6.07 Å². The average molecular weight is 269 g/mol. The number of aliphatic carboxylic acids is 1. The standard InChI is InChI=1S/C12H13ClN2O3/c13-9-4-5-14-6-10(9)15-11(16)7-2-1-3-8(7)12(17)18/h4-8H,1-3H2,(H,15,16)(H,17,18). The summed E-state index contributed by atoms with van der Waals surface area (Å²) < 4.78 is 0. The first kappa shape index (κ1) is 12.8. The number of carbonyl (C=O) groups excluding carboxylic acids is 1. The molecule has 1 heterocycles. The molecule has 5 nitrogen and oxygen atoms in total. The van der Waals surface area contributed by atoms with E-state index >= 15 is 0 Å². The van der Waals surface area contributed by atoms with E-state index in [9.17, 15) is 9.59 Å². The molecule has 0 bridgehead atoms. The fourth-order valence-electron chi connectivity index (χ4n) is 2.26. The van der Waals surface area contributed by atoms with Crippen molar-refractivity contribution >= 4 is 29.2 Å². The molecule has 1 fully saturated rings. The van der Waals surface area contributed by atoms with Gasteiger partial charge >= 0.3 is 5.97 Å². The van der Waals surface area contributed by atoms with Gasteiger partial charge in [-0.05, 0) is 18.9 Å². The molecule has 0 saturated heterocycles. The topological polar surface area (TPSA) is 79.3 Å². The molecule has 2 unspecified atom stereocenters. The summed E-state index contributed by atoms with van der Waals surface area (Å²) in [4.78, 5) is 26.9. The van der Waals surface area contributed by atoms with Gasteiger partial charge in [-0.3, -0.25) is 14.6 Å². The Labute approximate surface area is 109 Å². The summed E-state index contributed by atoms with van der Waals surface area (Å²) in [5, 5.41) is 12.1. The summed E-state index contributed by atoms with van der Waals surface area (Å²) in [6, 6.07) is 1.57. The Morgan fingerprint density at radius 3 is 2.78 bits per heavy atom. The van der Waals surface area contributed by atoms with Crippen LogP contribution < -0.4 is 5.32 Å². The molecule has 18 heavy (non-hydrogen) atoms. The summed E-state index contributed by atoms with van der Waals surface area (Å²) in [5.41, 5.74) is 0.417. The quantitative estimate of drug-likeness (QED) is 0.881. The maximum Gasteiger partial charge on any atom is 0.307 e. The van der Waals surface area contributed by atoms with E-state index in [0.717, 1.165) is 6.42 Å². The van der Waals surface area contributed by atoms with Crippen LogP contribution in [0.15, 0.2) is 18.5 Å². The molecule has 0 aliphatic heterocycles. The van der Waals surface area contributed by atoms with Crippen molar-refractivity contribution in [3.63, 3.8) is 0 Å². The van der Waals surface area contributed by atoms with Gasteiger partial charge < -0.3 is 10.4 Å². The number of hydrogen-bond donors (Lipinski definition) is 2. The van der Waals surface area contributed by atoms with Crippen molar-refractivity contribution in [3.8, 4) is 0 Å². The van der Waals surface area contributed by atoms with Gasteiger partial charge in [0.05, 0.1) is 28.7 Å². The van der Waals surface area contributed by atoms with E-state index in [4.69, 9.17) is 16.7 Å². The van der Waals surface area contributed by atoms with Crippen molar-refractivity contribution in [3.05, 3.63) is 23.5 Å². The lowest BCUT2D eigenvalue weighted by atomic mass is 9.95. The van der Waals surface area contributed by atoms with Crippen molar-refractivity contribution in [2.45, 2.75) is 19.3 Å². The maximum atomic E-state index is 12.0. The lowest BCUT2D eigenvalue weighted by Gasteiger charge is -2.15. The van der Waals surface area contributed by atoms with Crippen LogP contribution >= 0.6 is 11.6 Å². The number of pyridine rings is 1. The summed E-state index contributed by atoms with van der Waals surface area (Å²) in [6.07, 6.45) is 4.88. The zero-order valence-electron chi connectivity index (χ0n) is 9.60. The number of amides is 1. The van der Waals surface area contributed by atoms with Gasteiger partial charge in [0.1, 0.15) is 0 Å². The van der Waals surface area contributed by atoms with Crippen LogP contribution in [0.25, 0.3) is 0 Å². The SMILES string of the molecule is O=C(O)C1CCCC1C(=O)Nc1cnccc1Cl. The van der Waals surface area contributed by atoms with Gasteiger partial charge in [-0.25, -0.2) is 0 Å². The number of nitrogens with one attached hydrogen (secondary N) is 1. The van der Waals surface area contributed by atoms with Crippen molar-refractivity contribution in [2.24, 2.45) is 11.8 Å². The van der Waals surface area contributed by atoms with Gasteiger partial charge in [0, 0.05) is 6.20 Å². The number of carboxylic acid groups (broad SMARTS) is 1. The Bertz CT molecular complexity index is 478. The minimum atomic E-state index is -0.912. The first-order valence-corrected chi connectivity index (χ1v) is 6.10. The largest absolute Gasteiger partial charge is 0.481 e. The average Bonchev–Trinajstić information content (AvgIpc) is 2.81. The molecule has 1 saturated carbocycles. The number of halogens is 1. The zero-order chi connectivity index (χ0) is 13.1. The first-order valence-electron chi connectivity index (χ1n) is 5.73. The Balaban J connectivity index is 2.08. The molecule has 1 amide bonds. The van der Waals surface area contributed by atoms with Crippen LogP contribution in [0.3, 0.4) is 0 Å². The third kappa shape index (κ3) is 2.61. The fourth-order valence-corrected chi connectivity index (χ4v) is 2.42. The predicted molar refractivity (Wildman–Crippen MR) is 66.3 cm³/mol. The van der Waals surface area contributed by atoms with Crippen LogP contribution in [0, 0.1) is 11.8 Å². The lowest BCUT2D eigenvalue weighted by molar-refractivity contribution is -0.145. The van der Waals surface area contributed by atoms with Gasteiger partial charge in [0.2, 0.25) is 5.91 Å². The highest BCUT2D eigenvalue weighted by molar-refractivity contribution is 6.33. The third-order valence-electron chi connectivity index (χ3n) is 3.20. The predicted octanol–water partition coefficient (Wildman–Crippen LogP) is 2.17. The van der Waals surface area contributed by atoms with Crippen molar-refractivity contribution in [1.82, 2.24) is 4.98 Å². The van der Waals surface area contributed by atoms with Gasteiger partial charge in [0.25, 0.3) is 0 Å². The molecule has 1 aliphatic carbocycles. The van der Waals surface area contributed by atoms with E-state index in [2.05, 4.69) is 10.3 Å². The van der Waals surface area contributed by atoms with E-state index in [-0.39, 0.29) is 5.91 Å². The van der Waals surface area contributed by atoms with Crippen LogP contribution in [-0.2, 0) is 9.59 Å². The van der Waals surface area contributed by atoms with E-state index in [0.29, 0.717) is 23.6 Å². The van der Waals surface area contributed by atoms with Gasteiger partial charge in [-0.1, -0.05) is 18.0 Å². The third-order valence-corrected chi connectivity index (χ3v) is 3.53. The van der Waals surface area contributed by atoms with Crippen molar-refractivity contribution in [2.75, 3.05) is 5.32 Å². The molecule has 2 N–H and O–H groups in total. The highest BCUT2D eigenvalue weighted by Gasteiger charge is 2.37. The van der Waals surface area contributed by atoms with E-state index in [1.807, 2.05) is 0 Å². The summed E-state index contributed by atoms with van der Waals surface area (Å²) in [5.74, 6) is -2.29. The Morgan fingerprint density at radius 2 is 2.11 bits per heavy atom. The number of nitrogens with zero attached hydrogens (tertiary/aromatic N) is 1. The van der Waals surface area contributed by atoms with Crippen molar-refractivity contribution < 1.29 is 14.7 Å². The Hall–Kier alpha value is -1.62. The second-order valence-electron chi connectivity index (χ2n) is 4.33. The molecule has 0 spiro atoms. The van der Waals surface area contributed by atoms with Crippen LogP contribution in [0.2, 0.25) is 5.02 Å². The molecule has 1 aromatic heterocycles. The van der Waals surface area contributed by atoms with E-state index in [1.165, 1.54) is 12.4 Å². The summed E-state index contributed by atoms with van der Waals surface area (Å²) >= 11 is 5.90. The Kier molecular flexibility index (Phi) is 3.81. The molecule has 2 atom stereocenters. The minimum absolute atomic E-state index is 0.296. The minimum Gasteiger partial charge on any atom is -0.481 e. The molecule has 1 aliphatic rings. The lowest BCUT2D eigenvalue weighted by Crippen LogP contribution is -2.30. The van der Waals surface area contributed by atoms with Crippen LogP contribution in [0.4, 0.5) is 5.69 Å². The normalized spacial score (nSPS) is 22.7. The van der Waals surface area contributed by atoms with Crippen LogP contribution in [-0.4, -0.2) is 22.0 Å². The van der Waals surface area contributed by atoms with Gasteiger partial charge in [-0.15, -0.1) is 0 Å². The maximum absolute atomic E-state index is 12.0. The molecular formula is C12H13ClN2O3. The monoisotopic (exact) mass is 268 g/mol. The number of carbonyl (C=O) groups is 2. The number of aromatic nitrogens is 1. The first-order chi connectivity index (χ1) is 8.59. The van der Waals surface area contributed by atoms with Crippen LogP contribution in [0.1, 0.15) is 19.3 Å². The number of hydrogen-bond acceptors (Lipinski definition) is 3. The fraction of sp³-hybridized carbons (Fsp3) is 0.417. The number of carboxylic acids is 1. The van der Waals surface area contributed by atoms with Crippen molar-refractivity contribution in [1.29, 1.82) is 0 Å². The smallest absolute Gasteiger partial charge is 0.307 e. The highest BCUT2D eigenvalue weighted by atomic mass is 35.5. The molecule has 1 aromatic rings. The summed E-state index contributed by atoms with van der Waals surface area (Å²) in [7, 11) is 0. The second-order valence-corrected chi connectivity index (χ2v) is 4.73. The van der Waals surface area contributed by atoms with E-state index < -0.39 is 17.8 Å². The number of rotatable bonds is 3. The molecule has 2 rings (SSSR count). The molecular weight excluding hydrogens is 256 g/mol.